The van der Waals surface area contributed by atoms with E-state index >= 15 is 0 Å². The highest BCUT2D eigenvalue weighted by Crippen LogP contribution is 2.23. The van der Waals surface area contributed by atoms with Crippen LogP contribution in [0.15, 0.2) is 18.2 Å². The Labute approximate surface area is 127 Å². The number of unbranched alkanes of at least 4 members (excludes halogenated alkanes) is 1. The van der Waals surface area contributed by atoms with Crippen molar-refractivity contribution in [3.05, 3.63) is 24.0 Å². The first-order valence-corrected chi connectivity index (χ1v) is 8.06. The van der Waals surface area contributed by atoms with Gasteiger partial charge in [-0.3, -0.25) is 0 Å². The first kappa shape index (κ1) is 15.8. The Bertz CT molecular complexity index is 562. The average Bonchev–Trinajstić information content (AvgIpc) is 2.85. The Morgan fingerprint density at radius 2 is 2.10 bits per heavy atom. The van der Waals surface area contributed by atoms with E-state index in [4.69, 9.17) is 9.72 Å². The van der Waals surface area contributed by atoms with Gasteiger partial charge in [-0.2, -0.15) is 0 Å². The van der Waals surface area contributed by atoms with Crippen molar-refractivity contribution < 1.29 is 4.74 Å². The zero-order valence-corrected chi connectivity index (χ0v) is 13.5. The summed E-state index contributed by atoms with van der Waals surface area (Å²) in [5.74, 6) is 2.09. The monoisotopic (exact) mass is 289 g/mol. The summed E-state index contributed by atoms with van der Waals surface area (Å²) >= 11 is 0. The van der Waals surface area contributed by atoms with E-state index in [-0.39, 0.29) is 0 Å². The number of nitrogens with one attached hydrogen (secondary N) is 1. The van der Waals surface area contributed by atoms with Crippen LogP contribution in [0.5, 0.6) is 5.75 Å². The Morgan fingerprint density at radius 1 is 1.24 bits per heavy atom. The van der Waals surface area contributed by atoms with E-state index in [1.807, 2.05) is 7.05 Å². The summed E-state index contributed by atoms with van der Waals surface area (Å²) < 4.78 is 8.07. The van der Waals surface area contributed by atoms with E-state index in [2.05, 4.69) is 41.9 Å². The highest BCUT2D eigenvalue weighted by molar-refractivity contribution is 5.77. The Balaban J connectivity index is 2.30. The number of ether oxygens (including phenoxy) is 1. The number of imidazole rings is 1. The number of aryl methyl sites for hydroxylation is 1. The van der Waals surface area contributed by atoms with Gasteiger partial charge in [0.2, 0.25) is 0 Å². The van der Waals surface area contributed by atoms with Gasteiger partial charge in [-0.15, -0.1) is 0 Å². The molecule has 2 aromatic rings. The molecule has 0 bridgehead atoms. The summed E-state index contributed by atoms with van der Waals surface area (Å²) in [6.07, 6.45) is 4.37. The number of fused-ring (bicyclic) bond motifs is 1. The van der Waals surface area contributed by atoms with Gasteiger partial charge in [0.25, 0.3) is 0 Å². The molecule has 0 spiro atoms. The van der Waals surface area contributed by atoms with Crippen LogP contribution in [-0.2, 0) is 13.0 Å². The van der Waals surface area contributed by atoms with Crippen molar-refractivity contribution in [1.82, 2.24) is 14.9 Å². The Kier molecular flexibility index (Phi) is 6.05. The minimum absolute atomic E-state index is 0.759. The van der Waals surface area contributed by atoms with Crippen molar-refractivity contribution in [3.63, 3.8) is 0 Å². The van der Waals surface area contributed by atoms with Crippen LogP contribution < -0.4 is 10.1 Å². The number of benzene rings is 1. The van der Waals surface area contributed by atoms with Gasteiger partial charge in [0.1, 0.15) is 11.6 Å². The lowest BCUT2D eigenvalue weighted by atomic mass is 10.2. The zero-order chi connectivity index (χ0) is 15.1. The summed E-state index contributed by atoms with van der Waals surface area (Å²) in [6.45, 7) is 7.10. The van der Waals surface area contributed by atoms with Crippen LogP contribution in [0.2, 0.25) is 0 Å². The highest BCUT2D eigenvalue weighted by Gasteiger charge is 2.11. The maximum atomic E-state index is 5.71. The normalized spacial score (nSPS) is 11.2. The van der Waals surface area contributed by atoms with Crippen molar-refractivity contribution in [3.8, 4) is 5.75 Å². The quantitative estimate of drug-likeness (QED) is 0.769. The van der Waals surface area contributed by atoms with Gasteiger partial charge >= 0.3 is 0 Å². The van der Waals surface area contributed by atoms with E-state index in [1.54, 1.807) is 0 Å². The van der Waals surface area contributed by atoms with Gasteiger partial charge in [-0.1, -0.05) is 20.3 Å². The predicted octanol–water partition coefficient (Wildman–Crippen LogP) is 3.39. The standard InChI is InChI=1S/C17H27N3O/c1-4-6-11-20-16-8-7-14(21-12-5-2)13-15(16)19-17(20)9-10-18-3/h7-8,13,18H,4-6,9-12H2,1-3H3. The Hall–Kier alpha value is -1.55. The minimum Gasteiger partial charge on any atom is -0.494 e. The second-order valence-electron chi connectivity index (χ2n) is 5.39. The molecule has 0 amide bonds. The van der Waals surface area contributed by atoms with Gasteiger partial charge in [-0.05, 0) is 32.0 Å². The molecule has 0 fully saturated rings. The van der Waals surface area contributed by atoms with E-state index in [0.29, 0.717) is 0 Å². The van der Waals surface area contributed by atoms with Crippen molar-refractivity contribution in [1.29, 1.82) is 0 Å². The number of nitrogens with zero attached hydrogens (tertiary/aromatic N) is 2. The summed E-state index contributed by atoms with van der Waals surface area (Å²) in [5.41, 5.74) is 2.27. The maximum Gasteiger partial charge on any atom is 0.121 e. The van der Waals surface area contributed by atoms with Crippen LogP contribution in [-0.4, -0.2) is 29.8 Å². The summed E-state index contributed by atoms with van der Waals surface area (Å²) in [5, 5.41) is 3.21. The zero-order valence-electron chi connectivity index (χ0n) is 13.5. The summed E-state index contributed by atoms with van der Waals surface area (Å²) in [6, 6.07) is 6.27. The lowest BCUT2D eigenvalue weighted by Crippen LogP contribution is -2.14. The van der Waals surface area contributed by atoms with Gasteiger partial charge in [0.15, 0.2) is 0 Å². The molecule has 0 aliphatic rings. The molecule has 0 radical (unpaired) electrons. The third-order valence-corrected chi connectivity index (χ3v) is 3.61. The fourth-order valence-corrected chi connectivity index (χ4v) is 2.46. The number of likely N-dealkylation sites (N-methyl/N-ethyl adjacent to an activating group) is 1. The molecule has 21 heavy (non-hydrogen) atoms. The van der Waals surface area contributed by atoms with Crippen LogP contribution in [0, 0.1) is 0 Å². The molecule has 1 aromatic heterocycles. The van der Waals surface area contributed by atoms with Crippen molar-refractivity contribution in [2.75, 3.05) is 20.2 Å². The first-order valence-electron chi connectivity index (χ1n) is 8.06. The second kappa shape index (κ2) is 8.03. The smallest absolute Gasteiger partial charge is 0.121 e. The van der Waals surface area contributed by atoms with Crippen LogP contribution >= 0.6 is 0 Å². The van der Waals surface area contributed by atoms with Crippen LogP contribution in [0.4, 0.5) is 0 Å². The number of rotatable bonds is 9. The second-order valence-corrected chi connectivity index (χ2v) is 5.39. The van der Waals surface area contributed by atoms with Crippen molar-refractivity contribution in [2.45, 2.75) is 46.1 Å². The first-order chi connectivity index (χ1) is 10.3. The van der Waals surface area contributed by atoms with Crippen molar-refractivity contribution in [2.24, 2.45) is 0 Å². The van der Waals surface area contributed by atoms with Gasteiger partial charge < -0.3 is 14.6 Å². The van der Waals surface area contributed by atoms with E-state index in [0.717, 1.165) is 43.8 Å². The van der Waals surface area contributed by atoms with Crippen LogP contribution in [0.25, 0.3) is 11.0 Å². The van der Waals surface area contributed by atoms with Crippen LogP contribution in [0.3, 0.4) is 0 Å². The van der Waals surface area contributed by atoms with E-state index < -0.39 is 0 Å². The molecule has 116 valence electrons. The SMILES string of the molecule is CCCCn1c(CCNC)nc2cc(OCCC)ccc21. The third-order valence-electron chi connectivity index (χ3n) is 3.61. The molecule has 0 atom stereocenters. The number of aromatic nitrogens is 2. The fourth-order valence-electron chi connectivity index (χ4n) is 2.46. The highest BCUT2D eigenvalue weighted by atomic mass is 16.5. The number of hydrogen-bond donors (Lipinski definition) is 1. The molecule has 4 nitrogen and oxygen atoms in total. The van der Waals surface area contributed by atoms with Gasteiger partial charge in [-0.25, -0.2) is 4.98 Å². The molecule has 0 saturated heterocycles. The number of hydrogen-bond acceptors (Lipinski definition) is 3. The summed E-state index contributed by atoms with van der Waals surface area (Å²) in [7, 11) is 1.98. The molecule has 1 aromatic carbocycles. The molecule has 1 N–H and O–H groups in total. The lowest BCUT2D eigenvalue weighted by Gasteiger charge is -2.09. The summed E-state index contributed by atoms with van der Waals surface area (Å²) in [4.78, 5) is 4.81. The molecular weight excluding hydrogens is 262 g/mol. The topological polar surface area (TPSA) is 39.1 Å². The molecule has 4 heteroatoms. The van der Waals surface area contributed by atoms with Crippen molar-refractivity contribution >= 4 is 11.0 Å². The van der Waals surface area contributed by atoms with E-state index in [1.165, 1.54) is 24.2 Å². The lowest BCUT2D eigenvalue weighted by molar-refractivity contribution is 0.318. The molecule has 1 heterocycles. The van der Waals surface area contributed by atoms with Crippen LogP contribution in [0.1, 0.15) is 38.9 Å². The largest absolute Gasteiger partial charge is 0.494 e. The van der Waals surface area contributed by atoms with E-state index in [9.17, 15) is 0 Å². The minimum atomic E-state index is 0.759. The average molecular weight is 289 g/mol. The molecule has 0 saturated carbocycles. The molecular formula is C17H27N3O. The molecule has 0 aliphatic carbocycles. The molecule has 2 rings (SSSR count). The third kappa shape index (κ3) is 3.97. The molecule has 0 aliphatic heterocycles. The molecule has 0 unspecified atom stereocenters. The predicted molar refractivity (Wildman–Crippen MR) is 88.1 cm³/mol. The fraction of sp³-hybridized carbons (Fsp3) is 0.588. The Morgan fingerprint density at radius 3 is 2.81 bits per heavy atom. The maximum absolute atomic E-state index is 5.71. The van der Waals surface area contributed by atoms with Gasteiger partial charge in [0, 0.05) is 25.6 Å². The van der Waals surface area contributed by atoms with Gasteiger partial charge in [0.05, 0.1) is 17.6 Å².